The lowest BCUT2D eigenvalue weighted by atomic mass is 10.4. The minimum Gasteiger partial charge on any atom is -0.465 e. The molecule has 0 aliphatic heterocycles. The van der Waals surface area contributed by atoms with Crippen LogP contribution in [0.1, 0.15) is 21.3 Å². The maximum Gasteiger partial charge on any atom is 0.327 e. The van der Waals surface area contributed by atoms with E-state index < -0.39 is 0 Å². The van der Waals surface area contributed by atoms with Gasteiger partial charge in [-0.15, -0.1) is 5.92 Å². The molecule has 0 aliphatic rings. The summed E-state index contributed by atoms with van der Waals surface area (Å²) in [6.07, 6.45) is 6.99. The normalized spacial score (nSPS) is 9.92. The Morgan fingerprint density at radius 3 is 3.00 bits per heavy atom. The molecule has 26 heavy (non-hydrogen) atoms. The molecule has 0 amide bonds. The Morgan fingerprint density at radius 2 is 2.23 bits per heavy atom. The van der Waals surface area contributed by atoms with Crippen molar-refractivity contribution in [2.45, 2.75) is 34.4 Å². The molecule has 3 rings (SSSR count). The molecule has 0 unspecified atom stereocenters. The zero-order chi connectivity index (χ0) is 17.6. The zero-order valence-electron chi connectivity index (χ0n) is 14.1. The van der Waals surface area contributed by atoms with E-state index in [4.69, 9.17) is 4.74 Å². The van der Waals surface area contributed by atoms with Gasteiger partial charge < -0.3 is 14.6 Å². The van der Waals surface area contributed by atoms with Gasteiger partial charge >= 0.3 is 5.97 Å². The van der Waals surface area contributed by atoms with Crippen LogP contribution in [0, 0.1) is 11.8 Å². The molecular weight excluding hydrogens is 332 g/mol. The van der Waals surface area contributed by atoms with Gasteiger partial charge in [-0.2, -0.15) is 10.1 Å². The van der Waals surface area contributed by atoms with Crippen LogP contribution in [-0.4, -0.2) is 36.9 Å². The van der Waals surface area contributed by atoms with Crippen LogP contribution >= 0.6 is 0 Å². The molecule has 8 nitrogen and oxygen atoms in total. The predicted octanol–water partition coefficient (Wildman–Crippen LogP) is 2.59. The first kappa shape index (κ1) is 19.0. The number of ether oxygens (including phenoxy) is 1. The summed E-state index contributed by atoms with van der Waals surface area (Å²) >= 11 is 0. The maximum atomic E-state index is 11.5. The van der Waals surface area contributed by atoms with E-state index in [2.05, 4.69) is 32.2 Å². The van der Waals surface area contributed by atoms with Gasteiger partial charge in [0.2, 0.25) is 5.95 Å². The van der Waals surface area contributed by atoms with Gasteiger partial charge in [-0.25, -0.2) is 4.98 Å². The van der Waals surface area contributed by atoms with Crippen LogP contribution in [0.15, 0.2) is 30.9 Å². The van der Waals surface area contributed by atoms with E-state index in [1.165, 1.54) is 4.68 Å². The number of carbonyl (C=O) groups excluding carboxylic acids is 1. The van der Waals surface area contributed by atoms with Crippen molar-refractivity contribution in [3.63, 3.8) is 0 Å². The van der Waals surface area contributed by atoms with Gasteiger partial charge in [0, 0.05) is 24.0 Å². The molecule has 3 aromatic heterocycles. The number of hydrogen-bond donors (Lipinski definition) is 1. The maximum absolute atomic E-state index is 11.5. The van der Waals surface area contributed by atoms with E-state index >= 15 is 0 Å². The molecule has 0 bridgehead atoms. The number of hydrogen-bond acceptors (Lipinski definition) is 6. The monoisotopic (exact) mass is 354 g/mol. The Labute approximate surface area is 152 Å². The molecule has 0 spiro atoms. The number of aromatic nitrogens is 5. The summed E-state index contributed by atoms with van der Waals surface area (Å²) in [7, 11) is 0. The van der Waals surface area contributed by atoms with Crippen molar-refractivity contribution in [2.24, 2.45) is 0 Å². The molecule has 136 valence electrons. The molecule has 0 aliphatic carbocycles. The summed E-state index contributed by atoms with van der Waals surface area (Å²) in [5, 5.41) is 8.15. The quantitative estimate of drug-likeness (QED) is 0.541. The number of esters is 1. The molecule has 8 heteroatoms. The third kappa shape index (κ3) is 4.39. The Hall–Kier alpha value is -3.34. The van der Waals surface area contributed by atoms with E-state index in [1.54, 1.807) is 25.5 Å². The lowest BCUT2D eigenvalue weighted by molar-refractivity contribution is -0.144. The van der Waals surface area contributed by atoms with Gasteiger partial charge in [0.25, 0.3) is 0 Å². The highest BCUT2D eigenvalue weighted by Gasteiger charge is 2.08. The minimum absolute atomic E-state index is 0. The third-order valence-electron chi connectivity index (χ3n) is 3.41. The van der Waals surface area contributed by atoms with Gasteiger partial charge in [0.15, 0.2) is 0 Å². The Morgan fingerprint density at radius 1 is 1.38 bits per heavy atom. The Kier molecular flexibility index (Phi) is 6.33. The molecule has 3 aromatic rings. The summed E-state index contributed by atoms with van der Waals surface area (Å²) in [5.74, 6) is 6.02. The molecule has 0 atom stereocenters. The number of fused-ring (bicyclic) bond motifs is 1. The number of anilines is 2. The second-order valence-electron chi connectivity index (χ2n) is 5.20. The van der Waals surface area contributed by atoms with Crippen molar-refractivity contribution < 1.29 is 9.53 Å². The first-order chi connectivity index (χ1) is 12.2. The SMILES string of the molecule is C.CC#CCn1ccc2cnc(Nc3cnn(CC(=O)OCC)c3)nc21. The minimum atomic E-state index is -0.329. The van der Waals surface area contributed by atoms with E-state index in [9.17, 15) is 4.79 Å². The number of nitrogens with zero attached hydrogens (tertiary/aromatic N) is 5. The summed E-state index contributed by atoms with van der Waals surface area (Å²) in [5.41, 5.74) is 1.49. The zero-order valence-corrected chi connectivity index (χ0v) is 14.1. The van der Waals surface area contributed by atoms with Crippen molar-refractivity contribution in [2.75, 3.05) is 11.9 Å². The number of nitrogens with one attached hydrogen (secondary N) is 1. The van der Waals surface area contributed by atoms with Gasteiger partial charge in [-0.05, 0) is 19.9 Å². The molecule has 0 saturated heterocycles. The van der Waals surface area contributed by atoms with Crippen LogP contribution < -0.4 is 5.32 Å². The van der Waals surface area contributed by atoms with E-state index in [0.717, 1.165) is 11.0 Å². The van der Waals surface area contributed by atoms with Crippen molar-refractivity contribution in [1.82, 2.24) is 24.3 Å². The summed E-state index contributed by atoms with van der Waals surface area (Å²) in [4.78, 5) is 20.3. The van der Waals surface area contributed by atoms with Crippen molar-refractivity contribution >= 4 is 28.6 Å². The molecule has 0 aromatic carbocycles. The van der Waals surface area contributed by atoms with Crippen LogP contribution in [0.3, 0.4) is 0 Å². The average Bonchev–Trinajstić information content (AvgIpc) is 3.20. The van der Waals surface area contributed by atoms with Crippen LogP contribution in [0.2, 0.25) is 0 Å². The summed E-state index contributed by atoms with van der Waals surface area (Å²) in [6.45, 7) is 4.56. The Balaban J connectivity index is 0.00000243. The molecule has 1 N–H and O–H groups in total. The molecule has 0 fully saturated rings. The van der Waals surface area contributed by atoms with Gasteiger partial charge in [-0.3, -0.25) is 9.48 Å². The highest BCUT2D eigenvalue weighted by molar-refractivity contribution is 5.77. The fourth-order valence-corrected chi connectivity index (χ4v) is 2.31. The van der Waals surface area contributed by atoms with Crippen LogP contribution in [0.4, 0.5) is 11.6 Å². The Bertz CT molecular complexity index is 947. The van der Waals surface area contributed by atoms with Gasteiger partial charge in [0.1, 0.15) is 12.2 Å². The smallest absolute Gasteiger partial charge is 0.327 e. The lowest BCUT2D eigenvalue weighted by Crippen LogP contribution is -2.13. The van der Waals surface area contributed by atoms with E-state index in [0.29, 0.717) is 24.8 Å². The molecule has 0 saturated carbocycles. The number of rotatable bonds is 6. The second-order valence-corrected chi connectivity index (χ2v) is 5.20. The van der Waals surface area contributed by atoms with Gasteiger partial charge in [-0.1, -0.05) is 13.3 Å². The highest BCUT2D eigenvalue weighted by Crippen LogP contribution is 2.17. The van der Waals surface area contributed by atoms with Gasteiger partial charge in [0.05, 0.1) is 25.0 Å². The summed E-state index contributed by atoms with van der Waals surface area (Å²) < 4.78 is 8.36. The molecule has 3 heterocycles. The standard InChI is InChI=1S/C17H18N6O2.CH4/c1-3-5-7-22-8-6-13-9-18-17(21-16(13)22)20-14-10-19-23(11-14)12-15(24)25-4-2;/h6,8-11H,4,7,12H2,1-2H3,(H,18,20,21);1H4. The first-order valence-electron chi connectivity index (χ1n) is 7.86. The predicted molar refractivity (Wildman–Crippen MR) is 99.9 cm³/mol. The fourth-order valence-electron chi connectivity index (χ4n) is 2.31. The largest absolute Gasteiger partial charge is 0.465 e. The molecular formula is C18H22N6O2. The lowest BCUT2D eigenvalue weighted by Gasteiger charge is -2.04. The molecule has 0 radical (unpaired) electrons. The summed E-state index contributed by atoms with van der Waals surface area (Å²) in [6, 6.07) is 1.95. The van der Waals surface area contributed by atoms with Crippen molar-refractivity contribution in [3.05, 3.63) is 30.9 Å². The van der Waals surface area contributed by atoms with Crippen LogP contribution in [0.25, 0.3) is 11.0 Å². The number of carbonyl (C=O) groups is 1. The van der Waals surface area contributed by atoms with Crippen molar-refractivity contribution in [1.29, 1.82) is 0 Å². The second kappa shape index (κ2) is 8.67. The first-order valence-corrected chi connectivity index (χ1v) is 7.86. The average molecular weight is 354 g/mol. The fraction of sp³-hybridized carbons (Fsp3) is 0.333. The topological polar surface area (TPSA) is 86.9 Å². The third-order valence-corrected chi connectivity index (χ3v) is 3.41. The van der Waals surface area contributed by atoms with Crippen LogP contribution in [0.5, 0.6) is 0 Å². The van der Waals surface area contributed by atoms with Crippen LogP contribution in [-0.2, 0) is 22.6 Å². The highest BCUT2D eigenvalue weighted by atomic mass is 16.5. The van der Waals surface area contributed by atoms with E-state index in [-0.39, 0.29) is 19.9 Å². The van der Waals surface area contributed by atoms with Crippen molar-refractivity contribution in [3.8, 4) is 11.8 Å². The van der Waals surface area contributed by atoms with E-state index in [1.807, 2.05) is 23.8 Å².